The number of nitrogens with zero attached hydrogens (tertiary/aromatic N) is 4. The van der Waals surface area contributed by atoms with E-state index in [9.17, 15) is 27.5 Å². The van der Waals surface area contributed by atoms with Gasteiger partial charge in [-0.25, -0.2) is 17.5 Å². The van der Waals surface area contributed by atoms with Crippen LogP contribution in [0.4, 0.5) is 4.39 Å². The second-order valence-electron chi connectivity index (χ2n) is 7.41. The quantitative estimate of drug-likeness (QED) is 0.647. The van der Waals surface area contributed by atoms with Crippen molar-refractivity contribution in [3.8, 4) is 5.75 Å². The van der Waals surface area contributed by atoms with Crippen LogP contribution in [-0.2, 0) is 28.7 Å². The lowest BCUT2D eigenvalue weighted by Gasteiger charge is -2.25. The summed E-state index contributed by atoms with van der Waals surface area (Å²) in [5.41, 5.74) is 0.0473. The van der Waals surface area contributed by atoms with Gasteiger partial charge in [0, 0.05) is 26.4 Å². The predicted octanol–water partition coefficient (Wildman–Crippen LogP) is 0.721. The number of hydrogen-bond acceptors (Lipinski definition) is 6. The van der Waals surface area contributed by atoms with Crippen molar-refractivity contribution >= 4 is 26.6 Å². The van der Waals surface area contributed by atoms with Crippen LogP contribution in [0.2, 0.25) is 0 Å². The van der Waals surface area contributed by atoms with Gasteiger partial charge in [0.1, 0.15) is 16.9 Å². The van der Waals surface area contributed by atoms with Gasteiger partial charge in [0.05, 0.1) is 17.8 Å². The number of fused-ring (bicyclic) bond motifs is 3. The summed E-state index contributed by atoms with van der Waals surface area (Å²) >= 11 is 0. The molecular formula is C19H19FN4O5S. The van der Waals surface area contributed by atoms with Crippen LogP contribution in [0, 0.1) is 5.82 Å². The van der Waals surface area contributed by atoms with Crippen molar-refractivity contribution in [2.45, 2.75) is 18.8 Å². The first-order valence-electron chi connectivity index (χ1n) is 9.09. The maximum Gasteiger partial charge on any atom is 0.280 e. The van der Waals surface area contributed by atoms with E-state index < -0.39 is 38.6 Å². The Balaban J connectivity index is 2.00. The number of halogens is 1. The van der Waals surface area contributed by atoms with Crippen molar-refractivity contribution < 1.29 is 22.7 Å². The van der Waals surface area contributed by atoms with Gasteiger partial charge in [-0.2, -0.15) is 5.10 Å². The van der Waals surface area contributed by atoms with Crippen LogP contribution in [0.15, 0.2) is 29.1 Å². The number of hydrogen-bond donors (Lipinski definition) is 1. The molecular weight excluding hydrogens is 415 g/mol. The maximum absolute atomic E-state index is 13.2. The maximum atomic E-state index is 13.2. The third kappa shape index (κ3) is 3.34. The van der Waals surface area contributed by atoms with Crippen molar-refractivity contribution in [2.75, 3.05) is 19.8 Å². The summed E-state index contributed by atoms with van der Waals surface area (Å²) in [6, 6.07) is 5.43. The van der Waals surface area contributed by atoms with Crippen molar-refractivity contribution in [3.63, 3.8) is 0 Å². The number of rotatable bonds is 4. The van der Waals surface area contributed by atoms with Crippen LogP contribution in [-0.4, -0.2) is 58.5 Å². The molecule has 3 heterocycles. The Bertz CT molecular complexity index is 1340. The van der Waals surface area contributed by atoms with Gasteiger partial charge in [-0.1, -0.05) is 12.1 Å². The highest BCUT2D eigenvalue weighted by Crippen LogP contribution is 2.34. The monoisotopic (exact) mass is 434 g/mol. The minimum Gasteiger partial charge on any atom is -0.505 e. The van der Waals surface area contributed by atoms with Gasteiger partial charge in [0.2, 0.25) is 0 Å². The lowest BCUT2D eigenvalue weighted by Crippen LogP contribution is -2.37. The molecule has 0 fully saturated rings. The molecule has 0 unspecified atom stereocenters. The molecule has 1 aliphatic heterocycles. The first-order valence-corrected chi connectivity index (χ1v) is 11.2. The van der Waals surface area contributed by atoms with Crippen LogP contribution in [0.1, 0.15) is 21.7 Å². The van der Waals surface area contributed by atoms with Gasteiger partial charge in [0.25, 0.3) is 11.5 Å². The highest BCUT2D eigenvalue weighted by Gasteiger charge is 2.33. The Morgan fingerprint density at radius 1 is 1.17 bits per heavy atom. The van der Waals surface area contributed by atoms with E-state index in [0.717, 1.165) is 10.9 Å². The number of aromatic nitrogens is 3. The predicted molar refractivity (Wildman–Crippen MR) is 107 cm³/mol. The summed E-state index contributed by atoms with van der Waals surface area (Å²) in [7, 11) is -1.96. The minimum atomic E-state index is -3.54. The van der Waals surface area contributed by atoms with E-state index in [4.69, 9.17) is 0 Å². The second kappa shape index (κ2) is 6.94. The molecule has 0 radical (unpaired) electrons. The summed E-state index contributed by atoms with van der Waals surface area (Å²) in [5.74, 6) is -1.87. The van der Waals surface area contributed by atoms with Crippen LogP contribution < -0.4 is 5.56 Å². The molecule has 0 atom stereocenters. The van der Waals surface area contributed by atoms with E-state index in [1.54, 1.807) is 7.05 Å². The van der Waals surface area contributed by atoms with E-state index in [2.05, 4.69) is 5.10 Å². The molecule has 1 aliphatic rings. The second-order valence-corrected chi connectivity index (χ2v) is 9.55. The van der Waals surface area contributed by atoms with Gasteiger partial charge in [-0.3, -0.25) is 9.59 Å². The number of amides is 1. The van der Waals surface area contributed by atoms with Crippen molar-refractivity contribution in [1.82, 2.24) is 19.2 Å². The Labute approximate surface area is 170 Å². The van der Waals surface area contributed by atoms with Gasteiger partial charge in [-0.15, -0.1) is 0 Å². The van der Waals surface area contributed by atoms with Gasteiger partial charge >= 0.3 is 0 Å². The zero-order chi connectivity index (χ0) is 21.8. The molecule has 0 spiro atoms. The van der Waals surface area contributed by atoms with Crippen LogP contribution in [0.5, 0.6) is 5.75 Å². The summed E-state index contributed by atoms with van der Waals surface area (Å²) in [6.07, 6.45) is 1.04. The van der Waals surface area contributed by atoms with E-state index in [-0.39, 0.29) is 35.4 Å². The Morgan fingerprint density at radius 2 is 1.83 bits per heavy atom. The smallest absolute Gasteiger partial charge is 0.280 e. The average Bonchev–Trinajstić information content (AvgIpc) is 2.96. The summed E-state index contributed by atoms with van der Waals surface area (Å²) in [5, 5.41) is 14.8. The zero-order valence-corrected chi connectivity index (χ0v) is 17.1. The molecule has 1 N–H and O–H groups in total. The minimum absolute atomic E-state index is 0.0559. The largest absolute Gasteiger partial charge is 0.505 e. The molecule has 0 saturated carbocycles. The standard InChI is InChI=1S/C19H19FN4O5S/c1-22-7-8-23-15-13(10-30(2,28)29)21-24(9-11-3-5-12(20)6-4-11)18(26)14(15)17(25)16(23)19(22)27/h3-6,25H,7-10H2,1-2H3. The van der Waals surface area contributed by atoms with Crippen LogP contribution in [0.25, 0.3) is 10.9 Å². The molecule has 30 heavy (non-hydrogen) atoms. The van der Waals surface area contributed by atoms with Gasteiger partial charge in [-0.05, 0) is 17.7 Å². The number of carbonyl (C=O) groups excluding carboxylic acids is 1. The SMILES string of the molecule is CN1CCn2c(c(O)c3c(=O)n(Cc4ccc(F)cc4)nc(CS(C)(=O)=O)c32)C1=O. The molecule has 3 aromatic rings. The number of aromatic hydroxyl groups is 1. The topological polar surface area (TPSA) is 114 Å². The highest BCUT2D eigenvalue weighted by molar-refractivity contribution is 7.89. The van der Waals surface area contributed by atoms with Gasteiger partial charge in [0.15, 0.2) is 21.3 Å². The Kier molecular flexibility index (Phi) is 4.64. The Hall–Kier alpha value is -3.21. The van der Waals surface area contributed by atoms with E-state index in [1.807, 2.05) is 0 Å². The van der Waals surface area contributed by atoms with Gasteiger partial charge < -0.3 is 14.6 Å². The van der Waals surface area contributed by atoms with Crippen molar-refractivity contribution in [3.05, 3.63) is 57.4 Å². The molecule has 4 rings (SSSR count). The summed E-state index contributed by atoms with van der Waals surface area (Å²) in [4.78, 5) is 27.1. The molecule has 0 saturated heterocycles. The third-order valence-corrected chi connectivity index (χ3v) is 5.85. The fourth-order valence-electron chi connectivity index (χ4n) is 3.66. The molecule has 2 aromatic heterocycles. The van der Waals surface area contributed by atoms with Crippen LogP contribution >= 0.6 is 0 Å². The number of sulfone groups is 1. The highest BCUT2D eigenvalue weighted by atomic mass is 32.2. The van der Waals surface area contributed by atoms with E-state index >= 15 is 0 Å². The number of carbonyl (C=O) groups is 1. The lowest BCUT2D eigenvalue weighted by atomic mass is 10.2. The fraction of sp³-hybridized carbons (Fsp3) is 0.316. The first-order chi connectivity index (χ1) is 14.1. The summed E-state index contributed by atoms with van der Waals surface area (Å²) < 4.78 is 39.7. The van der Waals surface area contributed by atoms with Crippen molar-refractivity contribution in [2.24, 2.45) is 0 Å². The molecule has 1 aromatic carbocycles. The number of benzene rings is 1. The molecule has 0 bridgehead atoms. The van der Waals surface area contributed by atoms with E-state index in [1.165, 1.54) is 33.7 Å². The lowest BCUT2D eigenvalue weighted by molar-refractivity contribution is 0.0747. The normalized spacial score (nSPS) is 14.4. The zero-order valence-electron chi connectivity index (χ0n) is 16.3. The molecule has 0 aliphatic carbocycles. The molecule has 9 nitrogen and oxygen atoms in total. The fourth-order valence-corrected chi connectivity index (χ4v) is 4.35. The van der Waals surface area contributed by atoms with E-state index in [0.29, 0.717) is 12.1 Å². The Morgan fingerprint density at radius 3 is 2.47 bits per heavy atom. The average molecular weight is 434 g/mol. The molecule has 158 valence electrons. The third-order valence-electron chi connectivity index (χ3n) is 5.05. The number of likely N-dealkylation sites (N-methyl/N-ethyl adjacent to an activating group) is 1. The first kappa shape index (κ1) is 20.1. The van der Waals surface area contributed by atoms with Crippen molar-refractivity contribution in [1.29, 1.82) is 0 Å². The van der Waals surface area contributed by atoms with Crippen LogP contribution in [0.3, 0.4) is 0 Å². The molecule has 11 heteroatoms. The summed E-state index contributed by atoms with van der Waals surface area (Å²) in [6.45, 7) is 0.570. The molecule has 1 amide bonds.